The van der Waals surface area contributed by atoms with E-state index in [1.54, 1.807) is 14.1 Å². The van der Waals surface area contributed by atoms with Gasteiger partial charge in [0.25, 0.3) is 10.2 Å². The molecule has 0 heterocycles. The lowest BCUT2D eigenvalue weighted by Gasteiger charge is -2.30. The maximum atomic E-state index is 12.1. The van der Waals surface area contributed by atoms with Gasteiger partial charge in [-0.25, -0.2) is 0 Å². The van der Waals surface area contributed by atoms with Gasteiger partial charge in [0.1, 0.15) is 0 Å². The van der Waals surface area contributed by atoms with Crippen LogP contribution in [0.4, 0.5) is 0 Å². The summed E-state index contributed by atoms with van der Waals surface area (Å²) in [6, 6.07) is 0.125. The van der Waals surface area contributed by atoms with Crippen molar-refractivity contribution in [3.63, 3.8) is 0 Å². The number of hydrogen-bond donors (Lipinski definition) is 0. The van der Waals surface area contributed by atoms with Crippen LogP contribution in [0.2, 0.25) is 0 Å². The van der Waals surface area contributed by atoms with Gasteiger partial charge in [-0.15, -0.1) is 0 Å². The van der Waals surface area contributed by atoms with Crippen molar-refractivity contribution in [3.8, 4) is 0 Å². The Kier molecular flexibility index (Phi) is 3.79. The summed E-state index contributed by atoms with van der Waals surface area (Å²) in [6.07, 6.45) is 2.32. The molecule has 1 aliphatic carbocycles. The maximum absolute atomic E-state index is 12.1. The van der Waals surface area contributed by atoms with Crippen LogP contribution in [-0.2, 0) is 10.2 Å². The van der Waals surface area contributed by atoms with E-state index in [0.29, 0.717) is 5.92 Å². The Hall–Kier alpha value is -0.130. The first-order chi connectivity index (χ1) is 6.78. The van der Waals surface area contributed by atoms with Crippen LogP contribution in [-0.4, -0.2) is 43.2 Å². The second-order valence-electron chi connectivity index (χ2n) is 4.71. The Morgan fingerprint density at radius 1 is 1.07 bits per heavy atom. The van der Waals surface area contributed by atoms with Crippen molar-refractivity contribution in [2.75, 3.05) is 14.1 Å². The molecule has 5 heteroatoms. The van der Waals surface area contributed by atoms with Gasteiger partial charge >= 0.3 is 0 Å². The van der Waals surface area contributed by atoms with E-state index in [9.17, 15) is 8.42 Å². The Labute approximate surface area is 93.4 Å². The predicted octanol–water partition coefficient (Wildman–Crippen LogP) is 1.30. The highest BCUT2D eigenvalue weighted by Crippen LogP contribution is 2.35. The lowest BCUT2D eigenvalue weighted by molar-refractivity contribution is 0.307. The van der Waals surface area contributed by atoms with E-state index in [0.717, 1.165) is 12.8 Å². The van der Waals surface area contributed by atoms with Crippen LogP contribution in [0, 0.1) is 5.92 Å². The van der Waals surface area contributed by atoms with Crippen molar-refractivity contribution >= 4 is 10.2 Å². The Morgan fingerprint density at radius 3 is 1.87 bits per heavy atom. The van der Waals surface area contributed by atoms with Gasteiger partial charge in [-0.3, -0.25) is 0 Å². The van der Waals surface area contributed by atoms with Crippen LogP contribution in [0.1, 0.15) is 33.6 Å². The summed E-state index contributed by atoms with van der Waals surface area (Å²) in [4.78, 5) is 0. The molecular weight excluding hydrogens is 212 g/mol. The van der Waals surface area contributed by atoms with Crippen LogP contribution < -0.4 is 0 Å². The zero-order valence-electron chi connectivity index (χ0n) is 10.3. The molecule has 4 nitrogen and oxygen atoms in total. The molecular formula is C10H22N2O2S. The maximum Gasteiger partial charge on any atom is 0.281 e. The van der Waals surface area contributed by atoms with Gasteiger partial charge in [-0.1, -0.05) is 0 Å². The molecule has 1 aliphatic rings. The summed E-state index contributed by atoms with van der Waals surface area (Å²) < 4.78 is 27.1. The third-order valence-electron chi connectivity index (χ3n) is 3.33. The zero-order valence-corrected chi connectivity index (χ0v) is 11.1. The molecule has 0 aromatic rings. The van der Waals surface area contributed by atoms with E-state index >= 15 is 0 Å². The molecule has 0 aromatic heterocycles. The number of rotatable bonds is 5. The van der Waals surface area contributed by atoms with E-state index in [4.69, 9.17) is 0 Å². The molecule has 0 amide bonds. The van der Waals surface area contributed by atoms with E-state index in [1.165, 1.54) is 8.61 Å². The van der Waals surface area contributed by atoms with Crippen molar-refractivity contribution in [2.24, 2.45) is 5.92 Å². The summed E-state index contributed by atoms with van der Waals surface area (Å²) >= 11 is 0. The van der Waals surface area contributed by atoms with E-state index < -0.39 is 10.2 Å². The molecule has 0 bridgehead atoms. The van der Waals surface area contributed by atoms with Crippen LogP contribution in [0.25, 0.3) is 0 Å². The average Bonchev–Trinajstić information content (AvgIpc) is 2.97. The fourth-order valence-electron chi connectivity index (χ4n) is 1.56. The molecule has 15 heavy (non-hydrogen) atoms. The van der Waals surface area contributed by atoms with Crippen molar-refractivity contribution < 1.29 is 8.42 Å². The fraction of sp³-hybridized carbons (Fsp3) is 1.00. The van der Waals surface area contributed by atoms with E-state index in [2.05, 4.69) is 0 Å². The fourth-order valence-corrected chi connectivity index (χ4v) is 3.09. The first kappa shape index (κ1) is 12.9. The van der Waals surface area contributed by atoms with Crippen molar-refractivity contribution in [1.82, 2.24) is 8.61 Å². The number of nitrogens with zero attached hydrogens (tertiary/aromatic N) is 2. The summed E-state index contributed by atoms with van der Waals surface area (Å²) in [6.45, 7) is 5.75. The third kappa shape index (κ3) is 2.71. The minimum atomic E-state index is -3.28. The van der Waals surface area contributed by atoms with Crippen molar-refractivity contribution in [1.29, 1.82) is 0 Å². The molecule has 0 aliphatic heterocycles. The topological polar surface area (TPSA) is 40.6 Å². The van der Waals surface area contributed by atoms with Crippen LogP contribution in [0.5, 0.6) is 0 Å². The molecule has 1 rings (SSSR count). The van der Waals surface area contributed by atoms with Gasteiger partial charge < -0.3 is 0 Å². The van der Waals surface area contributed by atoms with E-state index in [-0.39, 0.29) is 12.1 Å². The van der Waals surface area contributed by atoms with Crippen LogP contribution in [0.15, 0.2) is 0 Å². The molecule has 1 fully saturated rings. The molecule has 1 atom stereocenters. The predicted molar refractivity (Wildman–Crippen MR) is 61.8 cm³/mol. The van der Waals surface area contributed by atoms with Gasteiger partial charge in [0.2, 0.25) is 0 Å². The smallest absolute Gasteiger partial charge is 0.195 e. The molecule has 0 saturated heterocycles. The van der Waals surface area contributed by atoms with Gasteiger partial charge in [0.05, 0.1) is 0 Å². The molecule has 0 unspecified atom stereocenters. The summed E-state index contributed by atoms with van der Waals surface area (Å²) in [5, 5.41) is 0. The number of hydrogen-bond acceptors (Lipinski definition) is 2. The molecule has 1 saturated carbocycles. The minimum Gasteiger partial charge on any atom is -0.195 e. The molecule has 0 aromatic carbocycles. The third-order valence-corrected chi connectivity index (χ3v) is 5.54. The van der Waals surface area contributed by atoms with Gasteiger partial charge in [-0.2, -0.15) is 17.0 Å². The molecule has 0 N–H and O–H groups in total. The monoisotopic (exact) mass is 234 g/mol. The summed E-state index contributed by atoms with van der Waals surface area (Å²) in [5.41, 5.74) is 0. The standard InChI is InChI=1S/C10H22N2O2S/c1-8(2)11(4)15(13,14)12(5)9(3)10-6-7-10/h8-10H,6-7H2,1-5H3/t9-/m0/s1. The molecule has 0 spiro atoms. The molecule has 0 radical (unpaired) electrons. The van der Waals surface area contributed by atoms with Crippen LogP contribution >= 0.6 is 0 Å². The lowest BCUT2D eigenvalue weighted by atomic mass is 10.2. The Morgan fingerprint density at radius 2 is 1.53 bits per heavy atom. The van der Waals surface area contributed by atoms with Gasteiger partial charge in [-0.05, 0) is 39.5 Å². The highest BCUT2D eigenvalue weighted by molar-refractivity contribution is 7.86. The Balaban J connectivity index is 2.75. The molecule has 90 valence electrons. The van der Waals surface area contributed by atoms with E-state index in [1.807, 2.05) is 20.8 Å². The largest absolute Gasteiger partial charge is 0.281 e. The van der Waals surface area contributed by atoms with Crippen molar-refractivity contribution in [2.45, 2.75) is 45.7 Å². The van der Waals surface area contributed by atoms with Gasteiger partial charge in [0.15, 0.2) is 0 Å². The lowest BCUT2D eigenvalue weighted by Crippen LogP contribution is -2.47. The highest BCUT2D eigenvalue weighted by atomic mass is 32.2. The van der Waals surface area contributed by atoms with Crippen molar-refractivity contribution in [3.05, 3.63) is 0 Å². The Bertz CT molecular complexity index is 309. The summed E-state index contributed by atoms with van der Waals surface area (Å²) in [7, 11) is 0.0370. The van der Waals surface area contributed by atoms with Crippen LogP contribution in [0.3, 0.4) is 0 Å². The second kappa shape index (κ2) is 4.39. The minimum absolute atomic E-state index is 0.00357. The first-order valence-corrected chi connectivity index (χ1v) is 6.89. The zero-order chi connectivity index (χ0) is 11.8. The average molecular weight is 234 g/mol. The first-order valence-electron chi connectivity index (χ1n) is 5.49. The normalized spacial score (nSPS) is 20.3. The highest BCUT2D eigenvalue weighted by Gasteiger charge is 2.37. The SMILES string of the molecule is CC(C)N(C)S(=O)(=O)N(C)[C@@H](C)C1CC1. The second-order valence-corrected chi connectivity index (χ2v) is 6.76. The quantitative estimate of drug-likeness (QED) is 0.719. The summed E-state index contributed by atoms with van der Waals surface area (Å²) in [5.74, 6) is 0.560. The van der Waals surface area contributed by atoms with Gasteiger partial charge in [0, 0.05) is 26.2 Å².